The smallest absolute Gasteiger partial charge is 0.190 e. The molecule has 3 fully saturated rings. The van der Waals surface area contributed by atoms with E-state index >= 15 is 0 Å². The summed E-state index contributed by atoms with van der Waals surface area (Å²) in [6.07, 6.45) is -5.93. The molecule has 0 radical (unpaired) electrons. The van der Waals surface area contributed by atoms with Crippen molar-refractivity contribution in [2.45, 2.75) is 82.2 Å². The molecule has 3 rings (SSSR count). The minimum Gasteiger partial charge on any atom is -0.394 e. The van der Waals surface area contributed by atoms with Crippen LogP contribution in [0.4, 0.5) is 0 Å². The molecule has 3 heterocycles. The van der Waals surface area contributed by atoms with Crippen LogP contribution in [0.3, 0.4) is 0 Å². The molecule has 0 saturated carbocycles. The van der Waals surface area contributed by atoms with Crippen molar-refractivity contribution in [1.29, 1.82) is 0 Å². The standard InChI is InChI=1S/C14H24O8/c1-13(2)19-9-8(7(17)6(16)5-15)18-12-11(10(9)20-13)21-14(3,4)22-12/h6-12,15-17H,5H2,1-4H3/t6-,7-,8-,9+,10+,11-,12-/m1/s1. The zero-order chi connectivity index (χ0) is 16.3. The van der Waals surface area contributed by atoms with E-state index < -0.39 is 61.1 Å². The Bertz CT molecular complexity index is 425. The molecule has 22 heavy (non-hydrogen) atoms. The first-order valence-electron chi connectivity index (χ1n) is 7.47. The van der Waals surface area contributed by atoms with Crippen LogP contribution in [0.5, 0.6) is 0 Å². The van der Waals surface area contributed by atoms with Crippen LogP contribution in [0.25, 0.3) is 0 Å². The second-order valence-corrected chi connectivity index (χ2v) is 6.87. The first-order valence-corrected chi connectivity index (χ1v) is 7.47. The lowest BCUT2D eigenvalue weighted by molar-refractivity contribution is -0.262. The van der Waals surface area contributed by atoms with Gasteiger partial charge in [0.2, 0.25) is 0 Å². The number of aliphatic hydroxyl groups excluding tert-OH is 3. The predicted octanol–water partition coefficient (Wildman–Crippen LogP) is -0.903. The highest BCUT2D eigenvalue weighted by Crippen LogP contribution is 2.44. The number of hydrogen-bond acceptors (Lipinski definition) is 8. The summed E-state index contributed by atoms with van der Waals surface area (Å²) in [4.78, 5) is 0. The fraction of sp³-hybridized carbons (Fsp3) is 1.00. The van der Waals surface area contributed by atoms with Crippen LogP contribution < -0.4 is 0 Å². The normalized spacial score (nSPS) is 45.1. The molecule has 0 amide bonds. The molecule has 128 valence electrons. The summed E-state index contributed by atoms with van der Waals surface area (Å²) in [5.41, 5.74) is 0. The van der Waals surface area contributed by atoms with Gasteiger partial charge >= 0.3 is 0 Å². The van der Waals surface area contributed by atoms with Gasteiger partial charge in [0.25, 0.3) is 0 Å². The van der Waals surface area contributed by atoms with Crippen molar-refractivity contribution in [1.82, 2.24) is 0 Å². The van der Waals surface area contributed by atoms with Crippen molar-refractivity contribution in [3.05, 3.63) is 0 Å². The van der Waals surface area contributed by atoms with Gasteiger partial charge in [-0.1, -0.05) is 0 Å². The van der Waals surface area contributed by atoms with E-state index in [1.165, 1.54) is 0 Å². The quantitative estimate of drug-likeness (QED) is 0.614. The first-order chi connectivity index (χ1) is 10.1. The molecule has 8 heteroatoms. The maximum absolute atomic E-state index is 10.2. The molecule has 0 aromatic carbocycles. The Balaban J connectivity index is 1.87. The van der Waals surface area contributed by atoms with E-state index in [9.17, 15) is 10.2 Å². The van der Waals surface area contributed by atoms with Crippen molar-refractivity contribution in [3.8, 4) is 0 Å². The molecule has 8 nitrogen and oxygen atoms in total. The molecule has 0 aromatic heterocycles. The van der Waals surface area contributed by atoms with Crippen LogP contribution in [0.15, 0.2) is 0 Å². The van der Waals surface area contributed by atoms with Gasteiger partial charge in [0.05, 0.1) is 6.61 Å². The third kappa shape index (κ3) is 2.78. The van der Waals surface area contributed by atoms with Crippen molar-refractivity contribution >= 4 is 0 Å². The molecule has 0 aromatic rings. The molecule has 3 saturated heterocycles. The largest absolute Gasteiger partial charge is 0.394 e. The second kappa shape index (κ2) is 5.35. The van der Waals surface area contributed by atoms with Crippen molar-refractivity contribution in [3.63, 3.8) is 0 Å². The van der Waals surface area contributed by atoms with Gasteiger partial charge in [-0.2, -0.15) is 0 Å². The minimum atomic E-state index is -1.34. The molecule has 3 aliphatic rings. The lowest BCUT2D eigenvalue weighted by Gasteiger charge is -2.40. The fourth-order valence-corrected chi connectivity index (χ4v) is 3.24. The molecular weight excluding hydrogens is 296 g/mol. The van der Waals surface area contributed by atoms with Crippen LogP contribution in [0, 0.1) is 0 Å². The van der Waals surface area contributed by atoms with E-state index in [2.05, 4.69) is 0 Å². The highest BCUT2D eigenvalue weighted by molar-refractivity contribution is 5.02. The van der Waals surface area contributed by atoms with E-state index in [0.29, 0.717) is 0 Å². The average molecular weight is 320 g/mol. The van der Waals surface area contributed by atoms with Gasteiger partial charge in [0.15, 0.2) is 17.9 Å². The van der Waals surface area contributed by atoms with Crippen molar-refractivity contribution in [2.75, 3.05) is 6.61 Å². The first kappa shape index (κ1) is 16.5. The summed E-state index contributed by atoms with van der Waals surface area (Å²) in [6.45, 7) is 6.46. The number of hydrogen-bond donors (Lipinski definition) is 3. The maximum atomic E-state index is 10.2. The Morgan fingerprint density at radius 2 is 1.41 bits per heavy atom. The molecule has 0 aliphatic carbocycles. The SMILES string of the molecule is CC1(C)O[C@@H]2[C@H](O1)[C@H]1OC(C)(C)O[C@H]1O[C@@H]2[C@H](O)[C@H](O)CO. The van der Waals surface area contributed by atoms with Gasteiger partial charge in [-0.3, -0.25) is 0 Å². The molecule has 3 N–H and O–H groups in total. The Labute approximate surface area is 128 Å². The Morgan fingerprint density at radius 1 is 0.864 bits per heavy atom. The van der Waals surface area contributed by atoms with E-state index in [4.69, 9.17) is 28.8 Å². The average Bonchev–Trinajstić information content (AvgIpc) is 2.90. The van der Waals surface area contributed by atoms with Crippen LogP contribution >= 0.6 is 0 Å². The second-order valence-electron chi connectivity index (χ2n) is 6.87. The van der Waals surface area contributed by atoms with E-state index in [0.717, 1.165) is 0 Å². The number of ether oxygens (including phenoxy) is 5. The lowest BCUT2D eigenvalue weighted by Crippen LogP contribution is -2.60. The van der Waals surface area contributed by atoms with Gasteiger partial charge in [0.1, 0.15) is 36.6 Å². The Hall–Kier alpha value is -0.320. The van der Waals surface area contributed by atoms with E-state index in [1.54, 1.807) is 27.7 Å². The van der Waals surface area contributed by atoms with Crippen LogP contribution in [-0.2, 0) is 23.7 Å². The number of rotatable bonds is 3. The van der Waals surface area contributed by atoms with E-state index in [1.807, 2.05) is 0 Å². The maximum Gasteiger partial charge on any atom is 0.190 e. The zero-order valence-electron chi connectivity index (χ0n) is 13.1. The van der Waals surface area contributed by atoms with Crippen LogP contribution in [-0.4, -0.2) is 76.4 Å². The monoisotopic (exact) mass is 320 g/mol. The molecule has 7 atom stereocenters. The van der Waals surface area contributed by atoms with Gasteiger partial charge in [-0.15, -0.1) is 0 Å². The zero-order valence-corrected chi connectivity index (χ0v) is 13.1. The molecular formula is C14H24O8. The van der Waals surface area contributed by atoms with Crippen molar-refractivity contribution < 1.29 is 39.0 Å². The summed E-state index contributed by atoms with van der Waals surface area (Å²) in [5, 5.41) is 29.0. The summed E-state index contributed by atoms with van der Waals surface area (Å²) in [5.74, 6) is -1.71. The van der Waals surface area contributed by atoms with Crippen LogP contribution in [0.1, 0.15) is 27.7 Å². The highest BCUT2D eigenvalue weighted by atomic mass is 16.9. The van der Waals surface area contributed by atoms with Crippen molar-refractivity contribution in [2.24, 2.45) is 0 Å². The topological polar surface area (TPSA) is 107 Å². The minimum absolute atomic E-state index is 0.489. The molecule has 3 aliphatic heterocycles. The van der Waals surface area contributed by atoms with Gasteiger partial charge < -0.3 is 39.0 Å². The Kier molecular flexibility index (Phi) is 4.02. The van der Waals surface area contributed by atoms with Gasteiger partial charge in [-0.25, -0.2) is 0 Å². The van der Waals surface area contributed by atoms with Gasteiger partial charge in [0, 0.05) is 0 Å². The summed E-state index contributed by atoms with van der Waals surface area (Å²) in [7, 11) is 0. The van der Waals surface area contributed by atoms with Gasteiger partial charge in [-0.05, 0) is 27.7 Å². The molecule has 0 bridgehead atoms. The fourth-order valence-electron chi connectivity index (χ4n) is 3.24. The predicted molar refractivity (Wildman–Crippen MR) is 71.6 cm³/mol. The third-order valence-electron chi connectivity index (χ3n) is 4.11. The highest BCUT2D eigenvalue weighted by Gasteiger charge is 2.62. The summed E-state index contributed by atoms with van der Waals surface area (Å²) >= 11 is 0. The lowest BCUT2D eigenvalue weighted by atomic mass is 9.93. The number of fused-ring (bicyclic) bond motifs is 3. The number of aliphatic hydroxyl groups is 3. The van der Waals surface area contributed by atoms with Crippen LogP contribution in [0.2, 0.25) is 0 Å². The summed E-state index contributed by atoms with van der Waals surface area (Å²) < 4.78 is 29.0. The molecule has 0 spiro atoms. The van der Waals surface area contributed by atoms with E-state index in [-0.39, 0.29) is 0 Å². The Morgan fingerprint density at radius 3 is 2.05 bits per heavy atom. The third-order valence-corrected chi connectivity index (χ3v) is 4.11. The molecule has 0 unspecified atom stereocenters. The summed E-state index contributed by atoms with van der Waals surface area (Å²) in [6, 6.07) is 0.